The van der Waals surface area contributed by atoms with E-state index in [9.17, 15) is 19.5 Å². The zero-order valence-corrected chi connectivity index (χ0v) is 17.7. The summed E-state index contributed by atoms with van der Waals surface area (Å²) in [5.41, 5.74) is -0.607. The summed E-state index contributed by atoms with van der Waals surface area (Å²) in [5, 5.41) is 16.8. The van der Waals surface area contributed by atoms with Crippen LogP contribution in [0.4, 0.5) is 5.69 Å². The number of rotatable bonds is 4. The minimum Gasteiger partial charge on any atom is -0.505 e. The van der Waals surface area contributed by atoms with Crippen LogP contribution in [0.2, 0.25) is 0 Å². The van der Waals surface area contributed by atoms with E-state index in [1.807, 2.05) is 13.8 Å². The Bertz CT molecular complexity index is 1300. The van der Waals surface area contributed by atoms with Crippen molar-refractivity contribution in [2.75, 3.05) is 12.4 Å². The first-order valence-electron chi connectivity index (χ1n) is 9.83. The lowest BCUT2D eigenvalue weighted by atomic mass is 9.93. The van der Waals surface area contributed by atoms with Gasteiger partial charge in [0, 0.05) is 11.8 Å². The summed E-state index contributed by atoms with van der Waals surface area (Å²) in [5.74, 6) is -0.614. The van der Waals surface area contributed by atoms with Crippen LogP contribution < -0.4 is 20.3 Å². The SMILES string of the molecule is COc1ccccc1-n1nc(C(=O)Nc2ccc3c(c2)C(=O)CC(C)(C)O3)c(O)cc1=O. The van der Waals surface area contributed by atoms with Crippen molar-refractivity contribution < 1.29 is 24.2 Å². The fraction of sp³-hybridized carbons (Fsp3) is 0.217. The first kappa shape index (κ1) is 21.1. The summed E-state index contributed by atoms with van der Waals surface area (Å²) in [6.45, 7) is 3.66. The number of methoxy groups -OCH3 is 1. The van der Waals surface area contributed by atoms with Crippen LogP contribution in [0.25, 0.3) is 5.69 Å². The molecule has 9 nitrogen and oxygen atoms in total. The highest BCUT2D eigenvalue weighted by Crippen LogP contribution is 2.34. The van der Waals surface area contributed by atoms with Gasteiger partial charge in [0.1, 0.15) is 22.8 Å². The van der Waals surface area contributed by atoms with Crippen molar-refractivity contribution in [3.8, 4) is 22.9 Å². The molecule has 9 heteroatoms. The average Bonchev–Trinajstić information content (AvgIpc) is 2.73. The molecule has 1 aliphatic rings. The van der Waals surface area contributed by atoms with Gasteiger partial charge in [-0.25, -0.2) is 0 Å². The number of hydrogen-bond acceptors (Lipinski definition) is 7. The van der Waals surface area contributed by atoms with Crippen molar-refractivity contribution in [3.63, 3.8) is 0 Å². The number of anilines is 1. The molecule has 1 aromatic heterocycles. The molecule has 2 N–H and O–H groups in total. The third-order valence-corrected chi connectivity index (χ3v) is 4.95. The van der Waals surface area contributed by atoms with Gasteiger partial charge in [0.15, 0.2) is 17.2 Å². The molecule has 0 saturated heterocycles. The average molecular weight is 435 g/mol. The lowest BCUT2D eigenvalue weighted by Gasteiger charge is -2.31. The Morgan fingerprint density at radius 2 is 1.94 bits per heavy atom. The maximum Gasteiger partial charge on any atom is 0.279 e. The van der Waals surface area contributed by atoms with Crippen molar-refractivity contribution in [2.24, 2.45) is 0 Å². The number of carbonyl (C=O) groups excluding carboxylic acids is 2. The zero-order chi connectivity index (χ0) is 23.0. The minimum atomic E-state index is -0.754. The molecule has 4 rings (SSSR count). The van der Waals surface area contributed by atoms with Gasteiger partial charge in [-0.15, -0.1) is 0 Å². The van der Waals surface area contributed by atoms with E-state index in [4.69, 9.17) is 9.47 Å². The van der Waals surface area contributed by atoms with Gasteiger partial charge < -0.3 is 19.9 Å². The van der Waals surface area contributed by atoms with E-state index in [-0.39, 0.29) is 17.9 Å². The number of nitrogens with zero attached hydrogens (tertiary/aromatic N) is 2. The Balaban J connectivity index is 1.67. The number of nitrogens with one attached hydrogen (secondary N) is 1. The molecule has 2 heterocycles. The Kier molecular flexibility index (Phi) is 5.17. The maximum absolute atomic E-state index is 12.8. The van der Waals surface area contributed by atoms with E-state index in [1.54, 1.807) is 36.4 Å². The van der Waals surface area contributed by atoms with Crippen LogP contribution >= 0.6 is 0 Å². The number of ether oxygens (including phenoxy) is 2. The number of benzene rings is 2. The zero-order valence-electron chi connectivity index (χ0n) is 17.7. The summed E-state index contributed by atoms with van der Waals surface area (Å²) >= 11 is 0. The first-order valence-corrected chi connectivity index (χ1v) is 9.83. The minimum absolute atomic E-state index is 0.0990. The molecule has 1 amide bonds. The summed E-state index contributed by atoms with van der Waals surface area (Å²) in [4.78, 5) is 37.7. The van der Waals surface area contributed by atoms with Gasteiger partial charge in [0.25, 0.3) is 11.5 Å². The molecule has 32 heavy (non-hydrogen) atoms. The van der Waals surface area contributed by atoms with E-state index < -0.39 is 22.8 Å². The third-order valence-electron chi connectivity index (χ3n) is 4.95. The number of hydrogen-bond donors (Lipinski definition) is 2. The third kappa shape index (κ3) is 3.92. The summed E-state index contributed by atoms with van der Waals surface area (Å²) in [7, 11) is 1.44. The molecule has 0 spiro atoms. The van der Waals surface area contributed by atoms with E-state index in [1.165, 1.54) is 13.2 Å². The molecule has 0 radical (unpaired) electrons. The van der Waals surface area contributed by atoms with Crippen LogP contribution in [0.1, 0.15) is 41.1 Å². The van der Waals surface area contributed by atoms with Crippen LogP contribution in [0.15, 0.2) is 53.3 Å². The quantitative estimate of drug-likeness (QED) is 0.646. The second-order valence-corrected chi connectivity index (χ2v) is 7.93. The van der Waals surface area contributed by atoms with Crippen LogP contribution in [-0.4, -0.2) is 39.3 Å². The van der Waals surface area contributed by atoms with Crippen molar-refractivity contribution in [1.29, 1.82) is 0 Å². The Morgan fingerprint density at radius 3 is 2.69 bits per heavy atom. The summed E-state index contributed by atoms with van der Waals surface area (Å²) < 4.78 is 12.0. The second-order valence-electron chi connectivity index (χ2n) is 7.93. The number of Topliss-reactive ketones (excluding diaryl/α,β-unsaturated/α-hetero) is 1. The number of para-hydroxylation sites is 2. The van der Waals surface area contributed by atoms with E-state index in [0.29, 0.717) is 28.4 Å². The number of aromatic hydroxyl groups is 1. The first-order chi connectivity index (χ1) is 15.2. The van der Waals surface area contributed by atoms with Crippen molar-refractivity contribution in [2.45, 2.75) is 25.9 Å². The van der Waals surface area contributed by atoms with Crippen molar-refractivity contribution in [3.05, 3.63) is 70.1 Å². The molecule has 0 saturated carbocycles. The lowest BCUT2D eigenvalue weighted by Crippen LogP contribution is -2.35. The molecule has 2 aromatic carbocycles. The van der Waals surface area contributed by atoms with E-state index >= 15 is 0 Å². The molecule has 0 fully saturated rings. The van der Waals surface area contributed by atoms with Crippen LogP contribution in [0, 0.1) is 0 Å². The predicted molar refractivity (Wildman–Crippen MR) is 116 cm³/mol. The molecule has 1 aliphatic heterocycles. The van der Waals surface area contributed by atoms with Gasteiger partial charge in [-0.2, -0.15) is 9.78 Å². The molecular weight excluding hydrogens is 414 g/mol. The Morgan fingerprint density at radius 1 is 1.19 bits per heavy atom. The fourth-order valence-corrected chi connectivity index (χ4v) is 3.51. The molecule has 0 bridgehead atoms. The van der Waals surface area contributed by atoms with Gasteiger partial charge >= 0.3 is 0 Å². The Hall–Kier alpha value is -4.14. The van der Waals surface area contributed by atoms with Gasteiger partial charge in [-0.05, 0) is 44.2 Å². The van der Waals surface area contributed by atoms with Crippen LogP contribution in [-0.2, 0) is 0 Å². The van der Waals surface area contributed by atoms with Gasteiger partial charge in [0.2, 0.25) is 0 Å². The highest BCUT2D eigenvalue weighted by molar-refractivity contribution is 6.06. The Labute approximate surface area is 183 Å². The van der Waals surface area contributed by atoms with Gasteiger partial charge in [0.05, 0.1) is 19.1 Å². The number of amides is 1. The lowest BCUT2D eigenvalue weighted by molar-refractivity contribution is 0.0620. The summed E-state index contributed by atoms with van der Waals surface area (Å²) in [6.07, 6.45) is 0.212. The molecule has 0 unspecified atom stereocenters. The summed E-state index contributed by atoms with van der Waals surface area (Å²) in [6, 6.07) is 12.3. The second kappa shape index (κ2) is 7.84. The smallest absolute Gasteiger partial charge is 0.279 e. The predicted octanol–water partition coefficient (Wildman–Crippen LogP) is 2.94. The molecule has 0 aliphatic carbocycles. The fourth-order valence-electron chi connectivity index (χ4n) is 3.51. The number of carbonyl (C=O) groups is 2. The van der Waals surface area contributed by atoms with Gasteiger partial charge in [-0.1, -0.05) is 12.1 Å². The van der Waals surface area contributed by atoms with Crippen molar-refractivity contribution >= 4 is 17.4 Å². The molecule has 3 aromatic rings. The maximum atomic E-state index is 12.8. The topological polar surface area (TPSA) is 120 Å². The number of ketones is 1. The molecule has 0 atom stereocenters. The van der Waals surface area contributed by atoms with E-state index in [0.717, 1.165) is 10.7 Å². The van der Waals surface area contributed by atoms with E-state index in [2.05, 4.69) is 10.4 Å². The number of fused-ring (bicyclic) bond motifs is 1. The highest BCUT2D eigenvalue weighted by atomic mass is 16.5. The monoisotopic (exact) mass is 435 g/mol. The van der Waals surface area contributed by atoms with Crippen LogP contribution in [0.5, 0.6) is 17.2 Å². The highest BCUT2D eigenvalue weighted by Gasteiger charge is 2.32. The standard InChI is InChI=1S/C23H21N3O6/c1-23(2)12-17(28)14-10-13(8-9-18(14)32-23)24-22(30)21-16(27)11-20(29)26(25-21)15-6-4-5-7-19(15)31-3/h4-11,27H,12H2,1-3H3,(H,24,30). The van der Waals surface area contributed by atoms with Crippen LogP contribution in [0.3, 0.4) is 0 Å². The molecule has 164 valence electrons. The van der Waals surface area contributed by atoms with Gasteiger partial charge in [-0.3, -0.25) is 14.4 Å². The largest absolute Gasteiger partial charge is 0.505 e. The number of aromatic nitrogens is 2. The normalized spacial score (nSPS) is 14.3. The van der Waals surface area contributed by atoms with Crippen molar-refractivity contribution in [1.82, 2.24) is 9.78 Å². The molecular formula is C23H21N3O6.